The molecule has 1 rings (SSSR count). The Kier molecular flexibility index (Phi) is 5.89. The topological polar surface area (TPSA) is 113 Å². The molecule has 1 aliphatic rings. The molecule has 0 aliphatic carbocycles. The number of carbonyl (C=O) groups is 3. The average molecular weight is 335 g/mol. The van der Waals surface area contributed by atoms with Gasteiger partial charge in [-0.25, -0.2) is 13.2 Å². The van der Waals surface area contributed by atoms with Crippen LogP contribution >= 0.6 is 0 Å². The molecule has 0 aromatic rings. The molecule has 0 spiro atoms. The SMILES string of the molecule is COC(=O)[C@@H](C)NC(=O)[C@H]1CN(C(C)=O)CCN1S(C)(=O)=O. The van der Waals surface area contributed by atoms with Crippen molar-refractivity contribution in [3.63, 3.8) is 0 Å². The highest BCUT2D eigenvalue weighted by molar-refractivity contribution is 7.88. The zero-order chi connectivity index (χ0) is 17.1. The molecule has 0 unspecified atom stereocenters. The van der Waals surface area contributed by atoms with Crippen molar-refractivity contribution in [2.75, 3.05) is 33.0 Å². The fourth-order valence-corrected chi connectivity index (χ4v) is 3.25. The van der Waals surface area contributed by atoms with Crippen molar-refractivity contribution in [3.05, 3.63) is 0 Å². The summed E-state index contributed by atoms with van der Waals surface area (Å²) in [6, 6.07) is -1.98. The van der Waals surface area contributed by atoms with E-state index in [2.05, 4.69) is 10.1 Å². The second-order valence-corrected chi connectivity index (χ2v) is 7.04. The van der Waals surface area contributed by atoms with E-state index in [1.807, 2.05) is 0 Å². The second-order valence-electron chi connectivity index (χ2n) is 5.11. The third-order valence-corrected chi connectivity index (χ3v) is 4.71. The van der Waals surface area contributed by atoms with Crippen LogP contribution in [-0.2, 0) is 29.1 Å². The van der Waals surface area contributed by atoms with Crippen LogP contribution < -0.4 is 5.32 Å². The summed E-state index contributed by atoms with van der Waals surface area (Å²) in [5.74, 6) is -1.53. The van der Waals surface area contributed by atoms with Gasteiger partial charge in [0.1, 0.15) is 12.1 Å². The summed E-state index contributed by atoms with van der Waals surface area (Å²) < 4.78 is 29.1. The number of ether oxygens (including phenoxy) is 1. The highest BCUT2D eigenvalue weighted by Crippen LogP contribution is 2.14. The Bertz CT molecular complexity index is 561. The first-order valence-corrected chi connectivity index (χ1v) is 8.53. The molecule has 1 fully saturated rings. The molecule has 0 aromatic heterocycles. The number of sulfonamides is 1. The van der Waals surface area contributed by atoms with Gasteiger partial charge in [-0.05, 0) is 6.92 Å². The van der Waals surface area contributed by atoms with Gasteiger partial charge in [-0.1, -0.05) is 0 Å². The quantitative estimate of drug-likeness (QED) is 0.604. The first-order chi connectivity index (χ1) is 10.1. The van der Waals surface area contributed by atoms with Crippen molar-refractivity contribution in [2.24, 2.45) is 0 Å². The minimum atomic E-state index is -3.61. The number of hydrogen-bond donors (Lipinski definition) is 1. The van der Waals surface area contributed by atoms with Crippen LogP contribution in [0.25, 0.3) is 0 Å². The Morgan fingerprint density at radius 1 is 1.27 bits per heavy atom. The molecule has 1 saturated heterocycles. The smallest absolute Gasteiger partial charge is 0.328 e. The number of esters is 1. The molecule has 126 valence electrons. The van der Waals surface area contributed by atoms with Crippen molar-refractivity contribution < 1.29 is 27.5 Å². The van der Waals surface area contributed by atoms with E-state index in [0.29, 0.717) is 0 Å². The third kappa shape index (κ3) is 4.41. The summed E-state index contributed by atoms with van der Waals surface area (Å²) in [4.78, 5) is 36.5. The second kappa shape index (κ2) is 7.05. The molecule has 2 amide bonds. The maximum absolute atomic E-state index is 12.3. The van der Waals surface area contributed by atoms with Crippen LogP contribution in [0, 0.1) is 0 Å². The van der Waals surface area contributed by atoms with E-state index in [1.54, 1.807) is 0 Å². The normalized spacial score (nSPS) is 21.1. The number of hydrogen-bond acceptors (Lipinski definition) is 6. The Morgan fingerprint density at radius 3 is 2.32 bits per heavy atom. The maximum Gasteiger partial charge on any atom is 0.328 e. The maximum atomic E-state index is 12.3. The fourth-order valence-electron chi connectivity index (χ4n) is 2.21. The lowest BCUT2D eigenvalue weighted by Gasteiger charge is -2.38. The van der Waals surface area contributed by atoms with Crippen molar-refractivity contribution in [1.29, 1.82) is 0 Å². The predicted molar refractivity (Wildman–Crippen MR) is 77.2 cm³/mol. The molecule has 9 nitrogen and oxygen atoms in total. The minimum absolute atomic E-state index is 0.0309. The van der Waals surface area contributed by atoms with Crippen LogP contribution in [0.3, 0.4) is 0 Å². The summed E-state index contributed by atoms with van der Waals surface area (Å²) in [5, 5.41) is 2.40. The Labute approximate surface area is 129 Å². The van der Waals surface area contributed by atoms with Crippen LogP contribution in [0.5, 0.6) is 0 Å². The van der Waals surface area contributed by atoms with Gasteiger partial charge < -0.3 is 15.0 Å². The molecule has 22 heavy (non-hydrogen) atoms. The van der Waals surface area contributed by atoms with Crippen molar-refractivity contribution in [1.82, 2.24) is 14.5 Å². The summed E-state index contributed by atoms with van der Waals surface area (Å²) in [6.45, 7) is 2.98. The molecule has 0 radical (unpaired) electrons. The van der Waals surface area contributed by atoms with Gasteiger partial charge in [0, 0.05) is 26.6 Å². The molecule has 1 heterocycles. The number of piperazine rings is 1. The standard InChI is InChI=1S/C12H21N3O6S/c1-8(12(18)21-3)13-11(17)10-7-14(9(2)16)5-6-15(10)22(4,19)20/h8,10H,5-7H2,1-4H3,(H,13,17)/t8-,10-/m1/s1. The first kappa shape index (κ1) is 18.4. The summed E-state index contributed by atoms with van der Waals surface area (Å²) >= 11 is 0. The van der Waals surface area contributed by atoms with Gasteiger partial charge in [0.25, 0.3) is 0 Å². The van der Waals surface area contributed by atoms with E-state index < -0.39 is 34.0 Å². The highest BCUT2D eigenvalue weighted by Gasteiger charge is 2.39. The molecule has 2 atom stereocenters. The summed E-state index contributed by atoms with van der Waals surface area (Å²) in [6.07, 6.45) is 1.00. The number of methoxy groups -OCH3 is 1. The van der Waals surface area contributed by atoms with Crippen molar-refractivity contribution >= 4 is 27.8 Å². The lowest BCUT2D eigenvalue weighted by Crippen LogP contribution is -2.62. The number of nitrogens with zero attached hydrogens (tertiary/aromatic N) is 2. The summed E-state index contributed by atoms with van der Waals surface area (Å²) in [5.41, 5.74) is 0. The van der Waals surface area contributed by atoms with E-state index in [9.17, 15) is 22.8 Å². The van der Waals surface area contributed by atoms with E-state index in [-0.39, 0.29) is 25.5 Å². The number of carbonyl (C=O) groups excluding carboxylic acids is 3. The average Bonchev–Trinajstić information content (AvgIpc) is 2.44. The largest absolute Gasteiger partial charge is 0.467 e. The van der Waals surface area contributed by atoms with Crippen molar-refractivity contribution in [2.45, 2.75) is 25.9 Å². The number of nitrogens with one attached hydrogen (secondary N) is 1. The van der Waals surface area contributed by atoms with Crippen LogP contribution in [0.4, 0.5) is 0 Å². The minimum Gasteiger partial charge on any atom is -0.467 e. The molecule has 10 heteroatoms. The highest BCUT2D eigenvalue weighted by atomic mass is 32.2. The molecule has 1 N–H and O–H groups in total. The molecule has 0 bridgehead atoms. The Morgan fingerprint density at radius 2 is 1.86 bits per heavy atom. The van der Waals surface area contributed by atoms with Crippen LogP contribution in [0.1, 0.15) is 13.8 Å². The van der Waals surface area contributed by atoms with Gasteiger partial charge in [0.05, 0.1) is 13.4 Å². The molecular formula is C12H21N3O6S. The number of rotatable bonds is 4. The third-order valence-electron chi connectivity index (χ3n) is 3.42. The Hall–Kier alpha value is -1.68. The van der Waals surface area contributed by atoms with Gasteiger partial charge in [-0.3, -0.25) is 9.59 Å². The van der Waals surface area contributed by atoms with Crippen LogP contribution in [0.15, 0.2) is 0 Å². The van der Waals surface area contributed by atoms with Gasteiger partial charge in [-0.15, -0.1) is 0 Å². The lowest BCUT2D eigenvalue weighted by atomic mass is 10.2. The number of amides is 2. The van der Waals surface area contributed by atoms with E-state index in [1.165, 1.54) is 25.9 Å². The molecular weight excluding hydrogens is 314 g/mol. The summed E-state index contributed by atoms with van der Waals surface area (Å²) in [7, 11) is -2.43. The predicted octanol–water partition coefficient (Wildman–Crippen LogP) is -1.84. The lowest BCUT2D eigenvalue weighted by molar-refractivity contribution is -0.145. The monoisotopic (exact) mass is 335 g/mol. The molecule has 0 aromatic carbocycles. The fraction of sp³-hybridized carbons (Fsp3) is 0.750. The molecule has 0 saturated carbocycles. The van der Waals surface area contributed by atoms with Gasteiger partial charge in [0.2, 0.25) is 21.8 Å². The van der Waals surface area contributed by atoms with Gasteiger partial charge in [-0.2, -0.15) is 4.31 Å². The van der Waals surface area contributed by atoms with Gasteiger partial charge in [0.15, 0.2) is 0 Å². The van der Waals surface area contributed by atoms with Crippen molar-refractivity contribution in [3.8, 4) is 0 Å². The van der Waals surface area contributed by atoms with E-state index >= 15 is 0 Å². The van der Waals surface area contributed by atoms with Crippen LogP contribution in [0.2, 0.25) is 0 Å². The van der Waals surface area contributed by atoms with E-state index in [0.717, 1.165) is 10.6 Å². The first-order valence-electron chi connectivity index (χ1n) is 6.68. The van der Waals surface area contributed by atoms with E-state index in [4.69, 9.17) is 0 Å². The zero-order valence-electron chi connectivity index (χ0n) is 13.0. The molecule has 1 aliphatic heterocycles. The van der Waals surface area contributed by atoms with Crippen LogP contribution in [-0.4, -0.2) is 80.5 Å². The zero-order valence-corrected chi connectivity index (χ0v) is 13.8. The Balaban J connectivity index is 2.94. The van der Waals surface area contributed by atoms with Gasteiger partial charge >= 0.3 is 5.97 Å².